The second kappa shape index (κ2) is 8.75. The van der Waals surface area contributed by atoms with Crippen molar-refractivity contribution in [2.45, 2.75) is 46.2 Å². The third kappa shape index (κ3) is 4.26. The van der Waals surface area contributed by atoms with E-state index in [4.69, 9.17) is 10.1 Å². The summed E-state index contributed by atoms with van der Waals surface area (Å²) in [7, 11) is 0. The minimum atomic E-state index is 0.442. The number of likely N-dealkylation sites (tertiary alicyclic amines) is 1. The van der Waals surface area contributed by atoms with E-state index in [9.17, 15) is 0 Å². The molecule has 164 valence electrons. The van der Waals surface area contributed by atoms with Gasteiger partial charge < -0.3 is 5.32 Å². The van der Waals surface area contributed by atoms with Crippen molar-refractivity contribution < 1.29 is 0 Å². The number of anilines is 1. The summed E-state index contributed by atoms with van der Waals surface area (Å²) < 4.78 is 2.00. The van der Waals surface area contributed by atoms with Crippen molar-refractivity contribution in [2.24, 2.45) is 0 Å². The second-order valence-corrected chi connectivity index (χ2v) is 9.02. The van der Waals surface area contributed by atoms with E-state index in [0.717, 1.165) is 60.9 Å². The number of nitrogens with one attached hydrogen (secondary N) is 1. The molecule has 0 atom stereocenters. The van der Waals surface area contributed by atoms with Crippen LogP contribution in [0.3, 0.4) is 0 Å². The molecule has 5 rings (SSSR count). The first-order valence-electron chi connectivity index (χ1n) is 11.5. The first-order chi connectivity index (χ1) is 15.6. The van der Waals surface area contributed by atoms with E-state index in [1.54, 1.807) is 0 Å². The average Bonchev–Trinajstić information content (AvgIpc) is 3.22. The fraction of sp³-hybridized carbons (Fsp3) is 0.333. The average molecular weight is 426 g/mol. The molecule has 32 heavy (non-hydrogen) atoms. The molecule has 1 fully saturated rings. The van der Waals surface area contributed by atoms with Crippen LogP contribution >= 0.6 is 0 Å². The van der Waals surface area contributed by atoms with Gasteiger partial charge in [0.2, 0.25) is 0 Å². The van der Waals surface area contributed by atoms with Gasteiger partial charge in [-0.3, -0.25) is 4.90 Å². The van der Waals surface area contributed by atoms with Gasteiger partial charge in [0.05, 0.1) is 5.69 Å². The molecule has 2 aromatic carbocycles. The van der Waals surface area contributed by atoms with Gasteiger partial charge in [0.1, 0.15) is 5.82 Å². The van der Waals surface area contributed by atoms with Crippen LogP contribution in [0.1, 0.15) is 35.2 Å². The standard InChI is InChI=1S/C27H31N5/c1-19-8-7-11-23(16-19)25-17-26-28-21(3)20(2)27(32(26)30-25)29-24-12-14-31(15-13-24)18-22-9-5-4-6-10-22/h4-11,16-17,24,29H,12-15,18H2,1-3H3. The van der Waals surface area contributed by atoms with Crippen LogP contribution < -0.4 is 5.32 Å². The summed E-state index contributed by atoms with van der Waals surface area (Å²) in [4.78, 5) is 7.36. The van der Waals surface area contributed by atoms with Gasteiger partial charge in [-0.15, -0.1) is 0 Å². The predicted molar refractivity (Wildman–Crippen MR) is 131 cm³/mol. The molecule has 0 unspecified atom stereocenters. The Morgan fingerprint density at radius 1 is 0.938 bits per heavy atom. The van der Waals surface area contributed by atoms with Gasteiger partial charge in [0.15, 0.2) is 5.65 Å². The normalized spacial score (nSPS) is 15.3. The third-order valence-corrected chi connectivity index (χ3v) is 6.57. The van der Waals surface area contributed by atoms with Crippen LogP contribution in [0.2, 0.25) is 0 Å². The molecule has 0 bridgehead atoms. The molecule has 4 aromatic rings. The summed E-state index contributed by atoms with van der Waals surface area (Å²) >= 11 is 0. The van der Waals surface area contributed by atoms with Crippen LogP contribution in [0.5, 0.6) is 0 Å². The van der Waals surface area contributed by atoms with Crippen LogP contribution in [0.25, 0.3) is 16.9 Å². The largest absolute Gasteiger partial charge is 0.367 e. The van der Waals surface area contributed by atoms with Gasteiger partial charge in [0, 0.05) is 48.6 Å². The molecule has 1 saturated heterocycles. The highest BCUT2D eigenvalue weighted by molar-refractivity contribution is 5.67. The van der Waals surface area contributed by atoms with Crippen LogP contribution in [0.4, 0.5) is 5.82 Å². The van der Waals surface area contributed by atoms with E-state index < -0.39 is 0 Å². The third-order valence-electron chi connectivity index (χ3n) is 6.57. The molecule has 0 spiro atoms. The SMILES string of the molecule is Cc1cccc(-c2cc3nc(C)c(C)c(NC4CCN(Cc5ccccc5)CC4)n3n2)c1. The van der Waals surface area contributed by atoms with Crippen molar-refractivity contribution in [1.29, 1.82) is 0 Å². The number of hydrogen-bond donors (Lipinski definition) is 1. The molecule has 2 aromatic heterocycles. The Kier molecular flexibility index (Phi) is 5.66. The molecule has 5 nitrogen and oxygen atoms in total. The highest BCUT2D eigenvalue weighted by atomic mass is 15.3. The number of rotatable bonds is 5. The molecule has 0 saturated carbocycles. The van der Waals surface area contributed by atoms with E-state index in [2.05, 4.69) is 91.7 Å². The van der Waals surface area contributed by atoms with E-state index in [1.807, 2.05) is 4.52 Å². The maximum absolute atomic E-state index is 4.94. The highest BCUT2D eigenvalue weighted by Gasteiger charge is 2.22. The zero-order valence-electron chi connectivity index (χ0n) is 19.2. The monoisotopic (exact) mass is 425 g/mol. The Hall–Kier alpha value is -3.18. The fourth-order valence-electron chi connectivity index (χ4n) is 4.59. The molecule has 0 amide bonds. The van der Waals surface area contributed by atoms with Crippen molar-refractivity contribution in [2.75, 3.05) is 18.4 Å². The van der Waals surface area contributed by atoms with Crippen LogP contribution in [0.15, 0.2) is 60.7 Å². The molecular formula is C27H31N5. The van der Waals surface area contributed by atoms with Crippen molar-refractivity contribution >= 4 is 11.5 Å². The molecule has 0 aliphatic carbocycles. The summed E-state index contributed by atoms with van der Waals surface area (Å²) in [6, 6.07) is 21.8. The van der Waals surface area contributed by atoms with E-state index in [1.165, 1.54) is 16.7 Å². The number of nitrogens with zero attached hydrogens (tertiary/aromatic N) is 4. The number of aromatic nitrogens is 3. The summed E-state index contributed by atoms with van der Waals surface area (Å²) in [5.41, 5.74) is 7.84. The topological polar surface area (TPSA) is 45.5 Å². The number of hydrogen-bond acceptors (Lipinski definition) is 4. The van der Waals surface area contributed by atoms with Crippen molar-refractivity contribution in [3.05, 3.63) is 83.0 Å². The summed E-state index contributed by atoms with van der Waals surface area (Å²) in [6.07, 6.45) is 2.25. The lowest BCUT2D eigenvalue weighted by molar-refractivity contribution is 0.211. The summed E-state index contributed by atoms with van der Waals surface area (Å²) in [6.45, 7) is 9.58. The van der Waals surface area contributed by atoms with Crippen LogP contribution in [0, 0.1) is 20.8 Å². The molecule has 5 heteroatoms. The number of benzene rings is 2. The lowest BCUT2D eigenvalue weighted by Crippen LogP contribution is -2.39. The van der Waals surface area contributed by atoms with Crippen molar-refractivity contribution in [3.63, 3.8) is 0 Å². The van der Waals surface area contributed by atoms with Crippen molar-refractivity contribution in [3.8, 4) is 11.3 Å². The Labute approximate surface area is 190 Å². The Bertz CT molecular complexity index is 1220. The van der Waals surface area contributed by atoms with Gasteiger partial charge in [-0.2, -0.15) is 9.61 Å². The molecule has 0 radical (unpaired) electrons. The molecule has 1 N–H and O–H groups in total. The highest BCUT2D eigenvalue weighted by Crippen LogP contribution is 2.27. The molecule has 3 heterocycles. The number of piperidine rings is 1. The van der Waals surface area contributed by atoms with Crippen molar-refractivity contribution in [1.82, 2.24) is 19.5 Å². The van der Waals surface area contributed by atoms with Gasteiger partial charge in [-0.05, 0) is 45.2 Å². The van der Waals surface area contributed by atoms with E-state index in [0.29, 0.717) is 6.04 Å². The second-order valence-electron chi connectivity index (χ2n) is 9.02. The van der Waals surface area contributed by atoms with Crippen LogP contribution in [-0.4, -0.2) is 38.6 Å². The summed E-state index contributed by atoms with van der Waals surface area (Å²) in [5, 5.41) is 8.77. The van der Waals surface area contributed by atoms with Gasteiger partial charge in [-0.25, -0.2) is 4.98 Å². The minimum Gasteiger partial charge on any atom is -0.367 e. The molecule has 1 aliphatic heterocycles. The minimum absolute atomic E-state index is 0.442. The van der Waals surface area contributed by atoms with Crippen LogP contribution in [-0.2, 0) is 6.54 Å². The number of aryl methyl sites for hydroxylation is 2. The Morgan fingerprint density at radius 2 is 1.72 bits per heavy atom. The quantitative estimate of drug-likeness (QED) is 0.465. The fourth-order valence-corrected chi connectivity index (χ4v) is 4.59. The van der Waals surface area contributed by atoms with E-state index in [-0.39, 0.29) is 0 Å². The lowest BCUT2D eigenvalue weighted by Gasteiger charge is -2.33. The maximum Gasteiger partial charge on any atom is 0.158 e. The number of fused-ring (bicyclic) bond motifs is 1. The smallest absolute Gasteiger partial charge is 0.158 e. The first-order valence-corrected chi connectivity index (χ1v) is 11.5. The predicted octanol–water partition coefficient (Wildman–Crippen LogP) is 5.40. The lowest BCUT2D eigenvalue weighted by atomic mass is 10.0. The first kappa shape index (κ1) is 20.7. The van der Waals surface area contributed by atoms with Gasteiger partial charge in [-0.1, -0.05) is 54.1 Å². The Morgan fingerprint density at radius 3 is 2.47 bits per heavy atom. The van der Waals surface area contributed by atoms with E-state index >= 15 is 0 Å². The molecular weight excluding hydrogens is 394 g/mol. The zero-order chi connectivity index (χ0) is 22.1. The summed E-state index contributed by atoms with van der Waals surface area (Å²) in [5.74, 6) is 1.08. The Balaban J connectivity index is 1.35. The van der Waals surface area contributed by atoms with Gasteiger partial charge >= 0.3 is 0 Å². The molecule has 1 aliphatic rings. The van der Waals surface area contributed by atoms with Gasteiger partial charge in [0.25, 0.3) is 0 Å². The maximum atomic E-state index is 4.94. The zero-order valence-corrected chi connectivity index (χ0v) is 19.2.